The molecule has 0 aliphatic heterocycles. The molecule has 0 fully saturated rings. The Balaban J connectivity index is 2.36. The molecule has 1 atom stereocenters. The number of hydrogen-bond acceptors (Lipinski definition) is 1. The first kappa shape index (κ1) is 11.4. The first-order valence-corrected chi connectivity index (χ1v) is 5.26. The van der Waals surface area contributed by atoms with Crippen molar-refractivity contribution in [3.05, 3.63) is 60.2 Å². The normalized spacial score (nSPS) is 12.3. The molecule has 1 aromatic heterocycles. The van der Waals surface area contributed by atoms with Gasteiger partial charge in [-0.05, 0) is 29.8 Å². The van der Waals surface area contributed by atoms with Crippen LogP contribution in [-0.2, 0) is 4.79 Å². The number of benzene rings is 1. The van der Waals surface area contributed by atoms with Crippen LogP contribution in [0.1, 0.15) is 18.0 Å². The van der Waals surface area contributed by atoms with Crippen LogP contribution in [0.4, 0.5) is 4.39 Å². The Hall–Kier alpha value is -2.10. The number of carbonyl (C=O) groups is 1. The van der Waals surface area contributed by atoms with Gasteiger partial charge in [-0.3, -0.25) is 4.79 Å². The topological polar surface area (TPSA) is 42.2 Å². The molecule has 0 amide bonds. The van der Waals surface area contributed by atoms with Crippen LogP contribution in [0.25, 0.3) is 0 Å². The van der Waals surface area contributed by atoms with Crippen molar-refractivity contribution in [1.29, 1.82) is 0 Å². The molecule has 0 saturated heterocycles. The van der Waals surface area contributed by atoms with E-state index in [9.17, 15) is 9.18 Å². The molecule has 0 saturated carbocycles. The minimum absolute atomic E-state index is 0.0713. The van der Waals surface area contributed by atoms with Crippen LogP contribution in [0.5, 0.6) is 0 Å². The van der Waals surface area contributed by atoms with Gasteiger partial charge in [0.05, 0.1) is 12.5 Å². The Kier molecular flexibility index (Phi) is 3.23. The van der Waals surface area contributed by atoms with E-state index in [-0.39, 0.29) is 18.3 Å². The highest BCUT2D eigenvalue weighted by molar-refractivity contribution is 5.68. The molecule has 3 nitrogen and oxygen atoms in total. The lowest BCUT2D eigenvalue weighted by molar-refractivity contribution is -0.137. The second-order valence-electron chi connectivity index (χ2n) is 3.80. The van der Waals surface area contributed by atoms with E-state index in [1.807, 2.05) is 12.1 Å². The molecule has 17 heavy (non-hydrogen) atoms. The number of rotatable bonds is 4. The van der Waals surface area contributed by atoms with Crippen LogP contribution in [0.15, 0.2) is 48.8 Å². The fraction of sp³-hybridized carbons (Fsp3) is 0.154. The van der Waals surface area contributed by atoms with Gasteiger partial charge in [-0.15, -0.1) is 0 Å². The quantitative estimate of drug-likeness (QED) is 0.882. The van der Waals surface area contributed by atoms with Gasteiger partial charge in [0.1, 0.15) is 5.82 Å². The zero-order valence-electron chi connectivity index (χ0n) is 9.08. The molecule has 2 rings (SSSR count). The molecule has 1 aromatic carbocycles. The van der Waals surface area contributed by atoms with E-state index in [0.29, 0.717) is 5.56 Å². The maximum Gasteiger partial charge on any atom is 0.305 e. The van der Waals surface area contributed by atoms with E-state index in [4.69, 9.17) is 5.11 Å². The van der Waals surface area contributed by atoms with Crippen LogP contribution in [0.2, 0.25) is 0 Å². The van der Waals surface area contributed by atoms with Gasteiger partial charge >= 0.3 is 5.97 Å². The lowest BCUT2D eigenvalue weighted by atomic mass is 10.0. The van der Waals surface area contributed by atoms with Crippen LogP contribution < -0.4 is 0 Å². The third-order valence-corrected chi connectivity index (χ3v) is 2.59. The number of halogens is 1. The Labute approximate surface area is 98.1 Å². The zero-order valence-corrected chi connectivity index (χ0v) is 9.08. The number of carboxylic acids is 1. The van der Waals surface area contributed by atoms with Gasteiger partial charge in [0, 0.05) is 12.4 Å². The van der Waals surface area contributed by atoms with E-state index < -0.39 is 5.97 Å². The minimum atomic E-state index is -0.909. The minimum Gasteiger partial charge on any atom is -0.481 e. The molecule has 1 N–H and O–H groups in total. The van der Waals surface area contributed by atoms with Crippen molar-refractivity contribution in [2.45, 2.75) is 12.5 Å². The molecule has 1 heterocycles. The Morgan fingerprint density at radius 2 is 2.00 bits per heavy atom. The van der Waals surface area contributed by atoms with Crippen molar-refractivity contribution in [1.82, 2.24) is 4.57 Å². The summed E-state index contributed by atoms with van der Waals surface area (Å²) in [5, 5.41) is 8.91. The first-order valence-electron chi connectivity index (χ1n) is 5.26. The molecule has 0 unspecified atom stereocenters. The summed E-state index contributed by atoms with van der Waals surface area (Å²) >= 11 is 0. The molecular weight excluding hydrogens is 221 g/mol. The van der Waals surface area contributed by atoms with E-state index in [1.54, 1.807) is 29.1 Å². The summed E-state index contributed by atoms with van der Waals surface area (Å²) < 4.78 is 14.9. The van der Waals surface area contributed by atoms with Gasteiger partial charge < -0.3 is 9.67 Å². The van der Waals surface area contributed by atoms with Crippen molar-refractivity contribution < 1.29 is 14.3 Å². The number of aliphatic carboxylic acids is 1. The van der Waals surface area contributed by atoms with E-state index >= 15 is 0 Å². The molecule has 0 radical (unpaired) electrons. The van der Waals surface area contributed by atoms with Crippen LogP contribution in [0.3, 0.4) is 0 Å². The van der Waals surface area contributed by atoms with Crippen LogP contribution >= 0.6 is 0 Å². The molecule has 2 aromatic rings. The Morgan fingerprint density at radius 1 is 1.29 bits per heavy atom. The molecule has 0 aliphatic carbocycles. The summed E-state index contributed by atoms with van der Waals surface area (Å²) in [4.78, 5) is 10.9. The largest absolute Gasteiger partial charge is 0.481 e. The van der Waals surface area contributed by atoms with Crippen LogP contribution in [-0.4, -0.2) is 15.6 Å². The summed E-state index contributed by atoms with van der Waals surface area (Å²) in [6.45, 7) is 0. The SMILES string of the molecule is O=C(O)C[C@H](c1cccc(F)c1)n1cccc1. The number of carboxylic acid groups (broad SMARTS) is 1. The standard InChI is InChI=1S/C13H12FNO2/c14-11-5-3-4-10(8-11)12(9-13(16)17)15-6-1-2-7-15/h1-8,12H,9H2,(H,16,17)/t12-/m1/s1. The Bertz CT molecular complexity index is 508. The smallest absolute Gasteiger partial charge is 0.305 e. The van der Waals surface area contributed by atoms with E-state index in [0.717, 1.165) is 0 Å². The Morgan fingerprint density at radius 3 is 2.59 bits per heavy atom. The summed E-state index contributed by atoms with van der Waals surface area (Å²) in [7, 11) is 0. The van der Waals surface area contributed by atoms with Gasteiger partial charge in [-0.25, -0.2) is 4.39 Å². The van der Waals surface area contributed by atoms with Crippen molar-refractivity contribution in [2.24, 2.45) is 0 Å². The highest BCUT2D eigenvalue weighted by atomic mass is 19.1. The molecule has 4 heteroatoms. The molecule has 0 aliphatic rings. The number of hydrogen-bond donors (Lipinski definition) is 1. The first-order chi connectivity index (χ1) is 8.16. The lowest BCUT2D eigenvalue weighted by Gasteiger charge is -2.17. The molecule has 88 valence electrons. The van der Waals surface area contributed by atoms with Crippen molar-refractivity contribution in [3.63, 3.8) is 0 Å². The van der Waals surface area contributed by atoms with Gasteiger partial charge in [-0.2, -0.15) is 0 Å². The van der Waals surface area contributed by atoms with Crippen molar-refractivity contribution in [2.75, 3.05) is 0 Å². The zero-order chi connectivity index (χ0) is 12.3. The summed E-state index contributed by atoms with van der Waals surface area (Å²) in [5.74, 6) is -1.27. The van der Waals surface area contributed by atoms with Gasteiger partial charge in [0.2, 0.25) is 0 Å². The summed E-state index contributed by atoms with van der Waals surface area (Å²) in [6.07, 6.45) is 3.48. The average molecular weight is 233 g/mol. The highest BCUT2D eigenvalue weighted by Crippen LogP contribution is 2.22. The summed E-state index contributed by atoms with van der Waals surface area (Å²) in [5.41, 5.74) is 0.656. The maximum atomic E-state index is 13.1. The van der Waals surface area contributed by atoms with Crippen molar-refractivity contribution >= 4 is 5.97 Å². The van der Waals surface area contributed by atoms with Gasteiger partial charge in [0.15, 0.2) is 0 Å². The third kappa shape index (κ3) is 2.72. The van der Waals surface area contributed by atoms with Crippen molar-refractivity contribution in [3.8, 4) is 0 Å². The number of aromatic nitrogens is 1. The van der Waals surface area contributed by atoms with Gasteiger partial charge in [-0.1, -0.05) is 12.1 Å². The van der Waals surface area contributed by atoms with Crippen LogP contribution in [0, 0.1) is 5.82 Å². The fourth-order valence-electron chi connectivity index (χ4n) is 1.83. The average Bonchev–Trinajstić information content (AvgIpc) is 2.79. The molecule has 0 spiro atoms. The maximum absolute atomic E-state index is 13.1. The lowest BCUT2D eigenvalue weighted by Crippen LogP contribution is -2.13. The predicted molar refractivity (Wildman–Crippen MR) is 61.2 cm³/mol. The molecular formula is C13H12FNO2. The molecule has 0 bridgehead atoms. The second kappa shape index (κ2) is 4.82. The third-order valence-electron chi connectivity index (χ3n) is 2.59. The number of nitrogens with zero attached hydrogens (tertiary/aromatic N) is 1. The summed E-state index contributed by atoms with van der Waals surface area (Å²) in [6, 6.07) is 9.28. The van der Waals surface area contributed by atoms with E-state index in [2.05, 4.69) is 0 Å². The monoisotopic (exact) mass is 233 g/mol. The predicted octanol–water partition coefficient (Wildman–Crippen LogP) is 2.69. The van der Waals surface area contributed by atoms with E-state index in [1.165, 1.54) is 12.1 Å². The van der Waals surface area contributed by atoms with Gasteiger partial charge in [0.25, 0.3) is 0 Å². The second-order valence-corrected chi connectivity index (χ2v) is 3.80. The highest BCUT2D eigenvalue weighted by Gasteiger charge is 2.16. The fourth-order valence-corrected chi connectivity index (χ4v) is 1.83.